The molecular formula is C16H29N3. The Morgan fingerprint density at radius 1 is 1.11 bits per heavy atom. The second-order valence-corrected chi connectivity index (χ2v) is 6.37. The van der Waals surface area contributed by atoms with Gasteiger partial charge >= 0.3 is 0 Å². The highest BCUT2D eigenvalue weighted by atomic mass is 15.2. The number of hydrogen-bond donors (Lipinski definition) is 1. The third-order valence-corrected chi connectivity index (χ3v) is 3.08. The number of nitrogens with zero attached hydrogens (tertiary/aromatic N) is 2. The summed E-state index contributed by atoms with van der Waals surface area (Å²) in [6, 6.07) is 4.63. The first-order chi connectivity index (χ1) is 8.90. The first-order valence-electron chi connectivity index (χ1n) is 7.29. The minimum atomic E-state index is 0.517. The molecule has 0 spiro atoms. The number of pyridine rings is 1. The monoisotopic (exact) mass is 263 g/mol. The number of nitrogens with one attached hydrogen (secondary N) is 1. The predicted octanol–water partition coefficient (Wildman–Crippen LogP) is 4.02. The van der Waals surface area contributed by atoms with E-state index < -0.39 is 0 Å². The molecule has 19 heavy (non-hydrogen) atoms. The van der Waals surface area contributed by atoms with Crippen molar-refractivity contribution in [2.45, 2.75) is 46.6 Å². The van der Waals surface area contributed by atoms with Crippen LogP contribution in [0.4, 0.5) is 11.5 Å². The summed E-state index contributed by atoms with van der Waals surface area (Å²) in [5.74, 6) is 2.42. The Hall–Kier alpha value is -1.25. The maximum absolute atomic E-state index is 4.45. The maximum atomic E-state index is 4.45. The van der Waals surface area contributed by atoms with Gasteiger partial charge in [-0.05, 0) is 36.8 Å². The summed E-state index contributed by atoms with van der Waals surface area (Å²) >= 11 is 0. The van der Waals surface area contributed by atoms with Gasteiger partial charge in [0.1, 0.15) is 0 Å². The van der Waals surface area contributed by atoms with E-state index in [4.69, 9.17) is 0 Å². The van der Waals surface area contributed by atoms with Gasteiger partial charge in [0.2, 0.25) is 0 Å². The van der Waals surface area contributed by atoms with Crippen LogP contribution < -0.4 is 10.2 Å². The first-order valence-corrected chi connectivity index (χ1v) is 7.29. The van der Waals surface area contributed by atoms with Crippen LogP contribution in [0.15, 0.2) is 18.3 Å². The van der Waals surface area contributed by atoms with E-state index in [1.807, 2.05) is 26.4 Å². The van der Waals surface area contributed by atoms with Crippen LogP contribution in [-0.2, 0) is 0 Å². The van der Waals surface area contributed by atoms with E-state index in [1.54, 1.807) is 0 Å². The smallest absolute Gasteiger partial charge is 0.151 e. The third-order valence-electron chi connectivity index (χ3n) is 3.08. The van der Waals surface area contributed by atoms with E-state index in [0.717, 1.165) is 11.5 Å². The number of anilines is 2. The second kappa shape index (κ2) is 7.37. The van der Waals surface area contributed by atoms with Crippen LogP contribution in [0.5, 0.6) is 0 Å². The lowest BCUT2D eigenvalue weighted by atomic mass is 9.95. The van der Waals surface area contributed by atoms with Gasteiger partial charge in [-0.1, -0.05) is 27.7 Å². The first kappa shape index (κ1) is 15.8. The summed E-state index contributed by atoms with van der Waals surface area (Å²) < 4.78 is 0. The molecule has 3 heteroatoms. The molecule has 1 heterocycles. The Bertz CT molecular complexity index is 362. The average molecular weight is 263 g/mol. The van der Waals surface area contributed by atoms with Crippen molar-refractivity contribution in [3.05, 3.63) is 18.3 Å². The third kappa shape index (κ3) is 5.50. The summed E-state index contributed by atoms with van der Waals surface area (Å²) in [5, 5.41) is 3.69. The summed E-state index contributed by atoms with van der Waals surface area (Å²) in [7, 11) is 4.07. The van der Waals surface area contributed by atoms with Crippen molar-refractivity contribution in [3.63, 3.8) is 0 Å². The minimum Gasteiger partial charge on any atom is -0.379 e. The topological polar surface area (TPSA) is 28.2 Å². The molecule has 0 aliphatic heterocycles. The lowest BCUT2D eigenvalue weighted by Crippen LogP contribution is -2.25. The Labute approximate surface area is 118 Å². The van der Waals surface area contributed by atoms with Crippen molar-refractivity contribution in [1.82, 2.24) is 4.98 Å². The van der Waals surface area contributed by atoms with Gasteiger partial charge in [0.25, 0.3) is 0 Å². The minimum absolute atomic E-state index is 0.517. The summed E-state index contributed by atoms with van der Waals surface area (Å²) in [6.45, 7) is 9.13. The zero-order valence-corrected chi connectivity index (χ0v) is 13.3. The molecule has 1 N–H and O–H groups in total. The zero-order chi connectivity index (χ0) is 14.4. The number of hydrogen-bond acceptors (Lipinski definition) is 3. The van der Waals surface area contributed by atoms with E-state index in [9.17, 15) is 0 Å². The van der Waals surface area contributed by atoms with Crippen molar-refractivity contribution >= 4 is 11.5 Å². The highest BCUT2D eigenvalue weighted by Gasteiger charge is 2.15. The normalized spacial score (nSPS) is 11.4. The van der Waals surface area contributed by atoms with E-state index in [1.165, 1.54) is 12.8 Å². The molecule has 0 radical (unpaired) electrons. The van der Waals surface area contributed by atoms with Gasteiger partial charge in [-0.25, -0.2) is 4.98 Å². The van der Waals surface area contributed by atoms with Crippen LogP contribution in [0.1, 0.15) is 40.5 Å². The highest BCUT2D eigenvalue weighted by molar-refractivity contribution is 5.65. The quantitative estimate of drug-likeness (QED) is 0.805. The second-order valence-electron chi connectivity index (χ2n) is 6.37. The Morgan fingerprint density at radius 2 is 1.68 bits per heavy atom. The van der Waals surface area contributed by atoms with Crippen LogP contribution in [0.3, 0.4) is 0 Å². The van der Waals surface area contributed by atoms with Gasteiger partial charge in [-0.3, -0.25) is 0 Å². The van der Waals surface area contributed by atoms with Gasteiger partial charge in [-0.15, -0.1) is 0 Å². The van der Waals surface area contributed by atoms with Crippen LogP contribution in [0.25, 0.3) is 0 Å². The SMILES string of the molecule is CC(C)CC(CC(C)C)Nc1cccnc1N(C)C. The van der Waals surface area contributed by atoms with E-state index in [-0.39, 0.29) is 0 Å². The van der Waals surface area contributed by atoms with Crippen molar-refractivity contribution in [3.8, 4) is 0 Å². The molecule has 0 saturated carbocycles. The van der Waals surface area contributed by atoms with E-state index in [2.05, 4.69) is 49.0 Å². The van der Waals surface area contributed by atoms with Crippen LogP contribution in [-0.4, -0.2) is 25.1 Å². The maximum Gasteiger partial charge on any atom is 0.151 e. The number of aromatic nitrogens is 1. The fourth-order valence-corrected chi connectivity index (χ4v) is 2.44. The van der Waals surface area contributed by atoms with Gasteiger partial charge in [0.05, 0.1) is 5.69 Å². The molecule has 0 saturated heterocycles. The van der Waals surface area contributed by atoms with Crippen LogP contribution in [0, 0.1) is 11.8 Å². The summed E-state index contributed by atoms with van der Waals surface area (Å²) in [6.07, 6.45) is 4.24. The molecule has 0 aliphatic carbocycles. The van der Waals surface area contributed by atoms with Crippen LogP contribution >= 0.6 is 0 Å². The van der Waals surface area contributed by atoms with Crippen molar-refractivity contribution in [2.75, 3.05) is 24.3 Å². The van der Waals surface area contributed by atoms with Crippen LogP contribution in [0.2, 0.25) is 0 Å². The Morgan fingerprint density at radius 3 is 2.16 bits per heavy atom. The van der Waals surface area contributed by atoms with Gasteiger partial charge in [0.15, 0.2) is 5.82 Å². The molecule has 0 fully saturated rings. The van der Waals surface area contributed by atoms with Gasteiger partial charge in [-0.2, -0.15) is 0 Å². The standard InChI is InChI=1S/C16H29N3/c1-12(2)10-14(11-13(3)4)18-15-8-7-9-17-16(15)19(5)6/h7-9,12-14,18H,10-11H2,1-6H3. The Kier molecular flexibility index (Phi) is 6.13. The lowest BCUT2D eigenvalue weighted by molar-refractivity contribution is 0.442. The molecule has 0 atom stereocenters. The highest BCUT2D eigenvalue weighted by Crippen LogP contribution is 2.24. The summed E-state index contributed by atoms with van der Waals surface area (Å²) in [4.78, 5) is 6.51. The molecule has 0 aliphatic rings. The molecule has 3 nitrogen and oxygen atoms in total. The van der Waals surface area contributed by atoms with Crippen molar-refractivity contribution in [2.24, 2.45) is 11.8 Å². The van der Waals surface area contributed by atoms with Gasteiger partial charge < -0.3 is 10.2 Å². The average Bonchev–Trinajstić information content (AvgIpc) is 2.27. The molecule has 0 amide bonds. The molecule has 1 rings (SSSR count). The van der Waals surface area contributed by atoms with Crippen molar-refractivity contribution < 1.29 is 0 Å². The fraction of sp³-hybridized carbons (Fsp3) is 0.688. The fourth-order valence-electron chi connectivity index (χ4n) is 2.44. The molecule has 108 valence electrons. The molecule has 1 aromatic rings. The predicted molar refractivity (Wildman–Crippen MR) is 84.9 cm³/mol. The number of rotatable bonds is 7. The molecular weight excluding hydrogens is 234 g/mol. The molecule has 0 aromatic carbocycles. The zero-order valence-electron chi connectivity index (χ0n) is 13.3. The molecule has 0 unspecified atom stereocenters. The van der Waals surface area contributed by atoms with Gasteiger partial charge in [0, 0.05) is 26.3 Å². The molecule has 1 aromatic heterocycles. The van der Waals surface area contributed by atoms with E-state index in [0.29, 0.717) is 17.9 Å². The van der Waals surface area contributed by atoms with Crippen molar-refractivity contribution in [1.29, 1.82) is 0 Å². The lowest BCUT2D eigenvalue weighted by Gasteiger charge is -2.26. The Balaban J connectivity index is 2.83. The summed E-state index contributed by atoms with van der Waals surface area (Å²) in [5.41, 5.74) is 1.14. The largest absolute Gasteiger partial charge is 0.379 e. The molecule has 0 bridgehead atoms. The van der Waals surface area contributed by atoms with E-state index >= 15 is 0 Å².